The molecule has 0 fully saturated rings. The lowest BCUT2D eigenvalue weighted by Crippen LogP contribution is -2.28. The van der Waals surface area contributed by atoms with Crippen molar-refractivity contribution in [3.05, 3.63) is 58.1 Å². The summed E-state index contributed by atoms with van der Waals surface area (Å²) in [6.07, 6.45) is -0.942. The Morgan fingerprint density at radius 1 is 1.25 bits per heavy atom. The standard InChI is InChI=1S/C18H20ClNO4/c1-11-5-4-6-13(17(11)19)18(22)20-10-15(21)14-9-12(23-2)7-8-16(14)24-3/h4-9,15,21H,10H2,1-3H3,(H,20,22)/t15-/m1/s1. The predicted molar refractivity (Wildman–Crippen MR) is 93.0 cm³/mol. The largest absolute Gasteiger partial charge is 0.497 e. The zero-order valence-electron chi connectivity index (χ0n) is 13.8. The lowest BCUT2D eigenvalue weighted by Gasteiger charge is -2.17. The molecule has 0 saturated heterocycles. The maximum atomic E-state index is 12.3. The van der Waals surface area contributed by atoms with Crippen molar-refractivity contribution in [3.63, 3.8) is 0 Å². The molecule has 5 nitrogen and oxygen atoms in total. The maximum absolute atomic E-state index is 12.3. The van der Waals surface area contributed by atoms with Crippen LogP contribution in [0, 0.1) is 6.92 Å². The number of carbonyl (C=O) groups excluding carboxylic acids is 1. The molecule has 0 unspecified atom stereocenters. The summed E-state index contributed by atoms with van der Waals surface area (Å²) in [5.41, 5.74) is 1.73. The van der Waals surface area contributed by atoms with Crippen LogP contribution < -0.4 is 14.8 Å². The van der Waals surface area contributed by atoms with Crippen molar-refractivity contribution in [3.8, 4) is 11.5 Å². The van der Waals surface area contributed by atoms with Gasteiger partial charge in [-0.25, -0.2) is 0 Å². The number of amides is 1. The number of aliphatic hydroxyl groups is 1. The first-order chi connectivity index (χ1) is 11.5. The van der Waals surface area contributed by atoms with E-state index in [4.69, 9.17) is 21.1 Å². The molecule has 128 valence electrons. The third kappa shape index (κ3) is 3.99. The number of nitrogens with one attached hydrogen (secondary N) is 1. The van der Waals surface area contributed by atoms with Crippen LogP contribution >= 0.6 is 11.6 Å². The molecule has 2 N–H and O–H groups in total. The second-order valence-corrected chi connectivity index (χ2v) is 5.65. The lowest BCUT2D eigenvalue weighted by atomic mass is 10.1. The first kappa shape index (κ1) is 18.1. The van der Waals surface area contributed by atoms with Gasteiger partial charge in [0.1, 0.15) is 17.6 Å². The molecule has 0 saturated carbocycles. The van der Waals surface area contributed by atoms with Crippen molar-refractivity contribution in [2.45, 2.75) is 13.0 Å². The molecule has 2 aromatic carbocycles. The average Bonchev–Trinajstić information content (AvgIpc) is 2.61. The maximum Gasteiger partial charge on any atom is 0.252 e. The third-order valence-electron chi connectivity index (χ3n) is 3.69. The molecule has 0 spiro atoms. The number of hydrogen-bond acceptors (Lipinski definition) is 4. The fraction of sp³-hybridized carbons (Fsp3) is 0.278. The number of ether oxygens (including phenoxy) is 2. The van der Waals surface area contributed by atoms with Crippen LogP contribution in [0.4, 0.5) is 0 Å². The van der Waals surface area contributed by atoms with Crippen molar-refractivity contribution in [2.75, 3.05) is 20.8 Å². The van der Waals surface area contributed by atoms with Crippen LogP contribution in [0.1, 0.15) is 27.6 Å². The number of carbonyl (C=O) groups is 1. The summed E-state index contributed by atoms with van der Waals surface area (Å²) in [6, 6.07) is 10.3. The third-order valence-corrected chi connectivity index (χ3v) is 4.19. The van der Waals surface area contributed by atoms with Crippen LogP contribution in [-0.2, 0) is 0 Å². The average molecular weight is 350 g/mol. The smallest absolute Gasteiger partial charge is 0.252 e. The molecule has 2 rings (SSSR count). The number of hydrogen-bond donors (Lipinski definition) is 2. The normalized spacial score (nSPS) is 11.7. The molecule has 0 radical (unpaired) electrons. The lowest BCUT2D eigenvalue weighted by molar-refractivity contribution is 0.0914. The Morgan fingerprint density at radius 3 is 2.67 bits per heavy atom. The first-order valence-corrected chi connectivity index (χ1v) is 7.79. The Hall–Kier alpha value is -2.24. The number of halogens is 1. The highest BCUT2D eigenvalue weighted by molar-refractivity contribution is 6.34. The van der Waals surface area contributed by atoms with E-state index in [9.17, 15) is 9.90 Å². The van der Waals surface area contributed by atoms with E-state index in [-0.39, 0.29) is 12.5 Å². The highest BCUT2D eigenvalue weighted by Gasteiger charge is 2.17. The van der Waals surface area contributed by atoms with Crippen molar-refractivity contribution in [2.24, 2.45) is 0 Å². The number of aliphatic hydroxyl groups excluding tert-OH is 1. The van der Waals surface area contributed by atoms with Gasteiger partial charge in [0.05, 0.1) is 24.8 Å². The zero-order valence-corrected chi connectivity index (χ0v) is 14.6. The van der Waals surface area contributed by atoms with Gasteiger partial charge < -0.3 is 19.9 Å². The summed E-state index contributed by atoms with van der Waals surface area (Å²) in [4.78, 5) is 12.3. The number of benzene rings is 2. The Bertz CT molecular complexity index is 733. The summed E-state index contributed by atoms with van der Waals surface area (Å²) in [5, 5.41) is 13.5. The molecule has 6 heteroatoms. The topological polar surface area (TPSA) is 67.8 Å². The van der Waals surface area contributed by atoms with Crippen LogP contribution in [-0.4, -0.2) is 31.8 Å². The van der Waals surface area contributed by atoms with Gasteiger partial charge in [-0.05, 0) is 36.8 Å². The van der Waals surface area contributed by atoms with Gasteiger partial charge in [0, 0.05) is 12.1 Å². The molecule has 0 aliphatic carbocycles. The van der Waals surface area contributed by atoms with Crippen LogP contribution in [0.2, 0.25) is 5.02 Å². The Kier molecular flexibility index (Phi) is 6.06. The van der Waals surface area contributed by atoms with Crippen LogP contribution in [0.25, 0.3) is 0 Å². The number of aryl methyl sites for hydroxylation is 1. The van der Waals surface area contributed by atoms with Crippen molar-refractivity contribution < 1.29 is 19.4 Å². The van der Waals surface area contributed by atoms with Crippen molar-refractivity contribution in [1.82, 2.24) is 5.32 Å². The summed E-state index contributed by atoms with van der Waals surface area (Å²) in [7, 11) is 3.06. The molecule has 2 aromatic rings. The monoisotopic (exact) mass is 349 g/mol. The minimum atomic E-state index is -0.942. The zero-order chi connectivity index (χ0) is 17.7. The van der Waals surface area contributed by atoms with Crippen LogP contribution in [0.3, 0.4) is 0 Å². The Labute approximate surface area is 146 Å². The highest BCUT2D eigenvalue weighted by atomic mass is 35.5. The van der Waals surface area contributed by atoms with Gasteiger partial charge in [0.25, 0.3) is 5.91 Å². The molecule has 1 amide bonds. The Morgan fingerprint density at radius 2 is 2.00 bits per heavy atom. The number of rotatable bonds is 6. The minimum Gasteiger partial charge on any atom is -0.497 e. The van der Waals surface area contributed by atoms with Gasteiger partial charge >= 0.3 is 0 Å². The van der Waals surface area contributed by atoms with Gasteiger partial charge in [-0.15, -0.1) is 0 Å². The Balaban J connectivity index is 2.11. The summed E-state index contributed by atoms with van der Waals surface area (Å²) in [6.45, 7) is 1.85. The van der Waals surface area contributed by atoms with E-state index in [1.165, 1.54) is 7.11 Å². The van der Waals surface area contributed by atoms with Gasteiger partial charge in [-0.1, -0.05) is 23.7 Å². The summed E-state index contributed by atoms with van der Waals surface area (Å²) < 4.78 is 10.4. The highest BCUT2D eigenvalue weighted by Crippen LogP contribution is 2.29. The van der Waals surface area contributed by atoms with Gasteiger partial charge in [-0.3, -0.25) is 4.79 Å². The number of methoxy groups -OCH3 is 2. The van der Waals surface area contributed by atoms with Crippen molar-refractivity contribution >= 4 is 17.5 Å². The second kappa shape index (κ2) is 8.04. The van der Waals surface area contributed by atoms with E-state index >= 15 is 0 Å². The SMILES string of the molecule is COc1ccc(OC)c([C@H](O)CNC(=O)c2cccc(C)c2Cl)c1. The molecule has 0 heterocycles. The van der Waals surface area contributed by atoms with E-state index in [1.54, 1.807) is 37.4 Å². The van der Waals surface area contributed by atoms with Gasteiger partial charge in [0.15, 0.2) is 0 Å². The summed E-state index contributed by atoms with van der Waals surface area (Å²) in [5.74, 6) is 0.772. The van der Waals surface area contributed by atoms with E-state index in [0.717, 1.165) is 5.56 Å². The summed E-state index contributed by atoms with van der Waals surface area (Å²) >= 11 is 6.15. The van der Waals surface area contributed by atoms with E-state index < -0.39 is 6.10 Å². The van der Waals surface area contributed by atoms with E-state index in [2.05, 4.69) is 5.32 Å². The van der Waals surface area contributed by atoms with E-state index in [0.29, 0.717) is 27.6 Å². The molecule has 0 aromatic heterocycles. The second-order valence-electron chi connectivity index (χ2n) is 5.27. The molecule has 0 aliphatic rings. The molecule has 1 atom stereocenters. The fourth-order valence-corrected chi connectivity index (χ4v) is 2.53. The van der Waals surface area contributed by atoms with Crippen molar-refractivity contribution in [1.29, 1.82) is 0 Å². The van der Waals surface area contributed by atoms with Crippen LogP contribution in [0.5, 0.6) is 11.5 Å². The minimum absolute atomic E-state index is 0.0205. The predicted octanol–water partition coefficient (Wildman–Crippen LogP) is 3.13. The van der Waals surface area contributed by atoms with Gasteiger partial charge in [0.2, 0.25) is 0 Å². The first-order valence-electron chi connectivity index (χ1n) is 7.41. The molecular formula is C18H20ClNO4. The van der Waals surface area contributed by atoms with E-state index in [1.807, 2.05) is 13.0 Å². The molecule has 0 bridgehead atoms. The molecule has 24 heavy (non-hydrogen) atoms. The molecule has 0 aliphatic heterocycles. The quantitative estimate of drug-likeness (QED) is 0.840. The molecular weight excluding hydrogens is 330 g/mol. The van der Waals surface area contributed by atoms with Gasteiger partial charge in [-0.2, -0.15) is 0 Å². The fourth-order valence-electron chi connectivity index (χ4n) is 2.32. The van der Waals surface area contributed by atoms with Crippen LogP contribution in [0.15, 0.2) is 36.4 Å².